The lowest BCUT2D eigenvalue weighted by Crippen LogP contribution is -2.14. The third-order valence-corrected chi connectivity index (χ3v) is 4.16. The van der Waals surface area contributed by atoms with Gasteiger partial charge in [-0.05, 0) is 38.1 Å². The van der Waals surface area contributed by atoms with Crippen molar-refractivity contribution in [1.29, 1.82) is 0 Å². The molecular formula is C14H16N2S2. The Labute approximate surface area is 117 Å². The summed E-state index contributed by atoms with van der Waals surface area (Å²) in [5.41, 5.74) is 7.61. The summed E-state index contributed by atoms with van der Waals surface area (Å²) in [7, 11) is 0. The number of benzene rings is 1. The molecule has 3 N–H and O–H groups in total. The smallest absolute Gasteiger partial charge is 0.106 e. The molecule has 0 radical (unpaired) electrons. The quantitative estimate of drug-likeness (QED) is 0.833. The van der Waals surface area contributed by atoms with E-state index >= 15 is 0 Å². The van der Waals surface area contributed by atoms with E-state index < -0.39 is 0 Å². The van der Waals surface area contributed by atoms with E-state index in [0.717, 1.165) is 11.3 Å². The summed E-state index contributed by atoms with van der Waals surface area (Å²) < 4.78 is 0. The number of aryl methyl sites for hydroxylation is 1. The highest BCUT2D eigenvalue weighted by Gasteiger charge is 2.10. The van der Waals surface area contributed by atoms with E-state index in [-0.39, 0.29) is 6.04 Å². The molecule has 1 aromatic heterocycles. The molecule has 1 unspecified atom stereocenters. The number of hydrogen-bond donors (Lipinski definition) is 2. The number of thiophene rings is 1. The number of thiocarbonyl (C=S) groups is 1. The second-order valence-corrected chi connectivity index (χ2v) is 5.98. The van der Waals surface area contributed by atoms with Crippen molar-refractivity contribution in [2.24, 2.45) is 5.73 Å². The molecule has 1 heterocycles. The Morgan fingerprint density at radius 3 is 2.61 bits per heavy atom. The first-order valence-electron chi connectivity index (χ1n) is 5.79. The third-order valence-electron chi connectivity index (χ3n) is 2.75. The number of nitrogens with one attached hydrogen (secondary N) is 1. The molecule has 0 saturated heterocycles. The molecule has 0 saturated carbocycles. The molecule has 0 aliphatic rings. The maximum atomic E-state index is 5.73. The largest absolute Gasteiger partial charge is 0.389 e. The fourth-order valence-corrected chi connectivity index (χ4v) is 2.87. The van der Waals surface area contributed by atoms with Gasteiger partial charge in [-0.3, -0.25) is 0 Å². The monoisotopic (exact) mass is 276 g/mol. The Kier molecular flexibility index (Phi) is 3.99. The molecule has 2 rings (SSSR count). The van der Waals surface area contributed by atoms with Crippen LogP contribution in [0.2, 0.25) is 0 Å². The maximum absolute atomic E-state index is 5.73. The van der Waals surface area contributed by atoms with Gasteiger partial charge in [-0.1, -0.05) is 24.4 Å². The second kappa shape index (κ2) is 5.50. The van der Waals surface area contributed by atoms with Gasteiger partial charge in [0, 0.05) is 21.0 Å². The van der Waals surface area contributed by atoms with Crippen LogP contribution in [0.3, 0.4) is 0 Å². The maximum Gasteiger partial charge on any atom is 0.106 e. The van der Waals surface area contributed by atoms with Gasteiger partial charge in [-0.25, -0.2) is 0 Å². The Balaban J connectivity index is 2.21. The average Bonchev–Trinajstić information content (AvgIpc) is 2.76. The average molecular weight is 276 g/mol. The topological polar surface area (TPSA) is 38.0 Å². The van der Waals surface area contributed by atoms with E-state index in [0.29, 0.717) is 4.99 Å². The van der Waals surface area contributed by atoms with Crippen molar-refractivity contribution in [2.45, 2.75) is 19.9 Å². The fraction of sp³-hybridized carbons (Fsp3) is 0.214. The summed E-state index contributed by atoms with van der Waals surface area (Å²) in [6.07, 6.45) is 0. The van der Waals surface area contributed by atoms with Gasteiger partial charge >= 0.3 is 0 Å². The van der Waals surface area contributed by atoms with Crippen LogP contribution in [0, 0.1) is 6.92 Å². The van der Waals surface area contributed by atoms with Crippen LogP contribution in [0.1, 0.15) is 28.3 Å². The molecule has 0 bridgehead atoms. The van der Waals surface area contributed by atoms with Crippen LogP contribution in [-0.4, -0.2) is 4.99 Å². The minimum atomic E-state index is 0.249. The van der Waals surface area contributed by atoms with Crippen LogP contribution >= 0.6 is 23.6 Å². The SMILES string of the molecule is Cc1ccc(C(C)Nc2ccccc2C(N)=S)s1. The van der Waals surface area contributed by atoms with E-state index in [4.69, 9.17) is 18.0 Å². The Hall–Kier alpha value is -1.39. The van der Waals surface area contributed by atoms with Crippen molar-refractivity contribution in [2.75, 3.05) is 5.32 Å². The number of anilines is 1. The molecule has 1 aromatic carbocycles. The van der Waals surface area contributed by atoms with Gasteiger partial charge in [0.25, 0.3) is 0 Å². The standard InChI is InChI=1S/C14H16N2S2/c1-9-7-8-13(18-9)10(2)16-12-6-4-3-5-11(12)14(15)17/h3-8,10,16H,1-2H3,(H2,15,17). The molecule has 94 valence electrons. The molecule has 18 heavy (non-hydrogen) atoms. The van der Waals surface area contributed by atoms with E-state index in [1.807, 2.05) is 24.3 Å². The van der Waals surface area contributed by atoms with Gasteiger partial charge in [0.05, 0.1) is 6.04 Å². The van der Waals surface area contributed by atoms with E-state index in [9.17, 15) is 0 Å². The molecule has 0 aliphatic carbocycles. The Morgan fingerprint density at radius 2 is 2.00 bits per heavy atom. The minimum absolute atomic E-state index is 0.249. The second-order valence-electron chi connectivity index (χ2n) is 4.22. The highest BCUT2D eigenvalue weighted by molar-refractivity contribution is 7.80. The first kappa shape index (κ1) is 13.1. The normalized spacial score (nSPS) is 12.1. The van der Waals surface area contributed by atoms with Crippen LogP contribution in [0.25, 0.3) is 0 Å². The molecule has 0 amide bonds. The van der Waals surface area contributed by atoms with Gasteiger partial charge in [0.2, 0.25) is 0 Å². The van der Waals surface area contributed by atoms with Gasteiger partial charge in [0.15, 0.2) is 0 Å². The van der Waals surface area contributed by atoms with Crippen molar-refractivity contribution in [3.63, 3.8) is 0 Å². The van der Waals surface area contributed by atoms with Crippen LogP contribution in [0.15, 0.2) is 36.4 Å². The van der Waals surface area contributed by atoms with Crippen LogP contribution in [0.5, 0.6) is 0 Å². The number of nitrogens with two attached hydrogens (primary N) is 1. The number of rotatable bonds is 4. The van der Waals surface area contributed by atoms with Crippen LogP contribution < -0.4 is 11.1 Å². The van der Waals surface area contributed by atoms with Crippen molar-refractivity contribution in [3.8, 4) is 0 Å². The lowest BCUT2D eigenvalue weighted by atomic mass is 10.1. The highest BCUT2D eigenvalue weighted by Crippen LogP contribution is 2.27. The first-order valence-corrected chi connectivity index (χ1v) is 7.02. The van der Waals surface area contributed by atoms with Crippen molar-refractivity contribution < 1.29 is 0 Å². The Morgan fingerprint density at radius 1 is 1.28 bits per heavy atom. The van der Waals surface area contributed by atoms with E-state index in [1.165, 1.54) is 9.75 Å². The molecule has 2 aromatic rings. The molecule has 0 spiro atoms. The lowest BCUT2D eigenvalue weighted by molar-refractivity contribution is 0.907. The number of para-hydroxylation sites is 1. The predicted molar refractivity (Wildman–Crippen MR) is 83.4 cm³/mol. The molecular weight excluding hydrogens is 260 g/mol. The molecule has 2 nitrogen and oxygen atoms in total. The zero-order valence-corrected chi connectivity index (χ0v) is 12.1. The summed E-state index contributed by atoms with van der Waals surface area (Å²) >= 11 is 6.87. The number of hydrogen-bond acceptors (Lipinski definition) is 3. The predicted octanol–water partition coefficient (Wildman–Crippen LogP) is 3.86. The third kappa shape index (κ3) is 2.89. The summed E-state index contributed by atoms with van der Waals surface area (Å²) in [5, 5.41) is 3.46. The van der Waals surface area contributed by atoms with E-state index in [1.54, 1.807) is 11.3 Å². The fourth-order valence-electron chi connectivity index (χ4n) is 1.81. The first-order chi connectivity index (χ1) is 8.58. The minimum Gasteiger partial charge on any atom is -0.389 e. The molecule has 0 aliphatic heterocycles. The Bertz CT molecular complexity index is 560. The van der Waals surface area contributed by atoms with Gasteiger partial charge in [-0.15, -0.1) is 11.3 Å². The molecule has 0 fully saturated rings. The van der Waals surface area contributed by atoms with E-state index in [2.05, 4.69) is 31.3 Å². The highest BCUT2D eigenvalue weighted by atomic mass is 32.1. The zero-order valence-electron chi connectivity index (χ0n) is 10.4. The molecule has 1 atom stereocenters. The van der Waals surface area contributed by atoms with Gasteiger partial charge < -0.3 is 11.1 Å². The van der Waals surface area contributed by atoms with Gasteiger partial charge in [0.1, 0.15) is 4.99 Å². The van der Waals surface area contributed by atoms with Crippen molar-refractivity contribution in [3.05, 3.63) is 51.7 Å². The zero-order chi connectivity index (χ0) is 13.1. The lowest BCUT2D eigenvalue weighted by Gasteiger charge is -2.16. The van der Waals surface area contributed by atoms with Gasteiger partial charge in [-0.2, -0.15) is 0 Å². The molecule has 4 heteroatoms. The summed E-state index contributed by atoms with van der Waals surface area (Å²) in [5.74, 6) is 0. The van der Waals surface area contributed by atoms with Crippen LogP contribution in [-0.2, 0) is 0 Å². The summed E-state index contributed by atoms with van der Waals surface area (Å²) in [4.78, 5) is 3.05. The summed E-state index contributed by atoms with van der Waals surface area (Å²) in [6, 6.07) is 12.4. The summed E-state index contributed by atoms with van der Waals surface area (Å²) in [6.45, 7) is 4.26. The van der Waals surface area contributed by atoms with Crippen LogP contribution in [0.4, 0.5) is 5.69 Å². The van der Waals surface area contributed by atoms with Crippen molar-refractivity contribution >= 4 is 34.2 Å². The van der Waals surface area contributed by atoms with Crippen molar-refractivity contribution in [1.82, 2.24) is 0 Å².